The molecule has 1 rings (SSSR count). The Morgan fingerprint density at radius 1 is 1.32 bits per heavy atom. The van der Waals surface area contributed by atoms with Crippen LogP contribution in [0.5, 0.6) is 0 Å². The number of rotatable bonds is 6. The minimum Gasteiger partial charge on any atom is -0.325 e. The van der Waals surface area contributed by atoms with E-state index in [1.54, 1.807) is 0 Å². The van der Waals surface area contributed by atoms with Gasteiger partial charge >= 0.3 is 0 Å². The van der Waals surface area contributed by atoms with Crippen molar-refractivity contribution in [3.8, 4) is 0 Å². The van der Waals surface area contributed by atoms with Crippen LogP contribution >= 0.6 is 0 Å². The zero-order valence-electron chi connectivity index (χ0n) is 12.6. The van der Waals surface area contributed by atoms with Crippen LogP contribution in [0.25, 0.3) is 0 Å². The van der Waals surface area contributed by atoms with E-state index in [1.807, 2.05) is 45.3 Å². The van der Waals surface area contributed by atoms with E-state index in [1.165, 1.54) is 0 Å². The minimum absolute atomic E-state index is 0.0137. The van der Waals surface area contributed by atoms with Gasteiger partial charge in [-0.05, 0) is 52.6 Å². The van der Waals surface area contributed by atoms with Crippen LogP contribution in [0, 0.1) is 6.92 Å². The van der Waals surface area contributed by atoms with Crippen LogP contribution in [0.3, 0.4) is 0 Å². The van der Waals surface area contributed by atoms with E-state index in [2.05, 4.69) is 29.4 Å². The lowest BCUT2D eigenvalue weighted by Gasteiger charge is -2.32. The molecule has 0 aliphatic rings. The molecule has 106 valence electrons. The van der Waals surface area contributed by atoms with Crippen molar-refractivity contribution in [1.82, 2.24) is 10.2 Å². The highest BCUT2D eigenvalue weighted by Crippen LogP contribution is 2.09. The Morgan fingerprint density at radius 3 is 2.58 bits per heavy atom. The highest BCUT2D eigenvalue weighted by atomic mass is 16.1. The molecule has 0 atom stereocenters. The lowest BCUT2D eigenvalue weighted by Crippen LogP contribution is -2.48. The van der Waals surface area contributed by atoms with Gasteiger partial charge in [-0.25, -0.2) is 0 Å². The highest BCUT2D eigenvalue weighted by Gasteiger charge is 2.19. The van der Waals surface area contributed by atoms with Gasteiger partial charge in [-0.2, -0.15) is 0 Å². The van der Waals surface area contributed by atoms with Crippen LogP contribution < -0.4 is 10.6 Å². The molecule has 19 heavy (non-hydrogen) atoms. The molecule has 0 radical (unpaired) electrons. The van der Waals surface area contributed by atoms with E-state index in [-0.39, 0.29) is 11.4 Å². The molecule has 0 saturated carbocycles. The maximum Gasteiger partial charge on any atom is 0.238 e. The molecular formula is C15H25N3O. The third-order valence-electron chi connectivity index (χ3n) is 3.36. The van der Waals surface area contributed by atoms with Crippen molar-refractivity contribution in [2.24, 2.45) is 0 Å². The van der Waals surface area contributed by atoms with Crippen molar-refractivity contribution < 1.29 is 4.79 Å². The fraction of sp³-hybridized carbons (Fsp3) is 0.533. The largest absolute Gasteiger partial charge is 0.325 e. The Labute approximate surface area is 116 Å². The average Bonchev–Trinajstić information content (AvgIpc) is 2.28. The topological polar surface area (TPSA) is 44.4 Å². The van der Waals surface area contributed by atoms with E-state index >= 15 is 0 Å². The molecule has 0 bridgehead atoms. The molecule has 0 spiro atoms. The molecule has 2 N–H and O–H groups in total. The van der Waals surface area contributed by atoms with Crippen LogP contribution in [0.2, 0.25) is 0 Å². The maximum absolute atomic E-state index is 11.8. The van der Waals surface area contributed by atoms with Crippen LogP contribution in [-0.4, -0.2) is 43.5 Å². The lowest BCUT2D eigenvalue weighted by molar-refractivity contribution is -0.115. The Balaban J connectivity index is 2.37. The van der Waals surface area contributed by atoms with E-state index < -0.39 is 0 Å². The van der Waals surface area contributed by atoms with Gasteiger partial charge in [-0.3, -0.25) is 4.79 Å². The first-order chi connectivity index (χ1) is 8.81. The number of amides is 1. The van der Waals surface area contributed by atoms with E-state index in [9.17, 15) is 4.79 Å². The fourth-order valence-corrected chi connectivity index (χ4v) is 1.57. The zero-order valence-corrected chi connectivity index (χ0v) is 12.6. The summed E-state index contributed by atoms with van der Waals surface area (Å²) < 4.78 is 0. The van der Waals surface area contributed by atoms with Crippen molar-refractivity contribution in [3.63, 3.8) is 0 Å². The molecule has 4 heteroatoms. The predicted molar refractivity (Wildman–Crippen MR) is 80.4 cm³/mol. The predicted octanol–water partition coefficient (Wildman–Crippen LogP) is 1.86. The Kier molecular flexibility index (Phi) is 5.51. The van der Waals surface area contributed by atoms with Gasteiger partial charge in [0.1, 0.15) is 0 Å². The van der Waals surface area contributed by atoms with Gasteiger partial charge < -0.3 is 15.5 Å². The quantitative estimate of drug-likeness (QED) is 0.823. The first kappa shape index (κ1) is 15.7. The number of carbonyl (C=O) groups is 1. The first-order valence-electron chi connectivity index (χ1n) is 6.56. The molecule has 1 aromatic rings. The monoisotopic (exact) mass is 263 g/mol. The first-order valence-corrected chi connectivity index (χ1v) is 6.56. The number of aryl methyl sites for hydroxylation is 1. The van der Waals surface area contributed by atoms with Gasteiger partial charge in [0, 0.05) is 17.8 Å². The summed E-state index contributed by atoms with van der Waals surface area (Å²) in [6, 6.07) is 7.80. The van der Waals surface area contributed by atoms with Gasteiger partial charge in [0.25, 0.3) is 0 Å². The van der Waals surface area contributed by atoms with Crippen molar-refractivity contribution in [2.45, 2.75) is 26.3 Å². The SMILES string of the molecule is Cc1cccc(NC(=O)CNCC(C)(C)N(C)C)c1. The fourth-order valence-electron chi connectivity index (χ4n) is 1.57. The molecule has 4 nitrogen and oxygen atoms in total. The maximum atomic E-state index is 11.8. The minimum atomic E-state index is -0.0137. The molecule has 0 aliphatic heterocycles. The summed E-state index contributed by atoms with van der Waals surface area (Å²) in [7, 11) is 4.07. The zero-order chi connectivity index (χ0) is 14.5. The third kappa shape index (κ3) is 5.41. The molecule has 0 aliphatic carbocycles. The van der Waals surface area contributed by atoms with E-state index in [0.717, 1.165) is 17.8 Å². The molecule has 0 heterocycles. The Bertz CT molecular complexity index is 427. The summed E-state index contributed by atoms with van der Waals surface area (Å²) in [6.07, 6.45) is 0. The van der Waals surface area contributed by atoms with Crippen LogP contribution in [0.15, 0.2) is 24.3 Å². The summed E-state index contributed by atoms with van der Waals surface area (Å²) in [5.41, 5.74) is 2.02. The smallest absolute Gasteiger partial charge is 0.238 e. The second kappa shape index (κ2) is 6.68. The number of hydrogen-bond donors (Lipinski definition) is 2. The number of anilines is 1. The lowest BCUT2D eigenvalue weighted by atomic mass is 10.0. The summed E-state index contributed by atoms with van der Waals surface area (Å²) in [5.74, 6) is -0.0137. The summed E-state index contributed by atoms with van der Waals surface area (Å²) in [4.78, 5) is 13.9. The van der Waals surface area contributed by atoms with Gasteiger partial charge in [0.15, 0.2) is 0 Å². The number of nitrogens with zero attached hydrogens (tertiary/aromatic N) is 1. The van der Waals surface area contributed by atoms with Crippen LogP contribution in [0.4, 0.5) is 5.69 Å². The standard InChI is InChI=1S/C15H25N3O/c1-12-7-6-8-13(9-12)17-14(19)10-16-11-15(2,3)18(4)5/h6-9,16H,10-11H2,1-5H3,(H,17,19). The van der Waals surface area contributed by atoms with Crippen molar-refractivity contribution >= 4 is 11.6 Å². The molecule has 0 aromatic heterocycles. The summed E-state index contributed by atoms with van der Waals surface area (Å²) >= 11 is 0. The molecular weight excluding hydrogens is 238 g/mol. The summed E-state index contributed by atoms with van der Waals surface area (Å²) in [5, 5.41) is 6.07. The van der Waals surface area contributed by atoms with Crippen molar-refractivity contribution in [2.75, 3.05) is 32.5 Å². The van der Waals surface area contributed by atoms with Gasteiger partial charge in [0.05, 0.1) is 6.54 Å². The number of benzene rings is 1. The van der Waals surface area contributed by atoms with E-state index in [0.29, 0.717) is 6.54 Å². The molecule has 0 unspecified atom stereocenters. The Hall–Kier alpha value is -1.39. The third-order valence-corrected chi connectivity index (χ3v) is 3.36. The molecule has 0 fully saturated rings. The van der Waals surface area contributed by atoms with Crippen molar-refractivity contribution in [1.29, 1.82) is 0 Å². The van der Waals surface area contributed by atoms with Crippen LogP contribution in [0.1, 0.15) is 19.4 Å². The van der Waals surface area contributed by atoms with Crippen LogP contribution in [-0.2, 0) is 4.79 Å². The number of likely N-dealkylation sites (N-methyl/N-ethyl adjacent to an activating group) is 1. The van der Waals surface area contributed by atoms with Gasteiger partial charge in [0.2, 0.25) is 5.91 Å². The van der Waals surface area contributed by atoms with Gasteiger partial charge in [-0.1, -0.05) is 12.1 Å². The van der Waals surface area contributed by atoms with Crippen molar-refractivity contribution in [3.05, 3.63) is 29.8 Å². The molecule has 0 saturated heterocycles. The second-order valence-electron chi connectivity index (χ2n) is 5.73. The summed E-state index contributed by atoms with van der Waals surface area (Å²) in [6.45, 7) is 7.37. The normalized spacial score (nSPS) is 11.7. The number of nitrogens with one attached hydrogen (secondary N) is 2. The van der Waals surface area contributed by atoms with Gasteiger partial charge in [-0.15, -0.1) is 0 Å². The molecule has 1 amide bonds. The average molecular weight is 263 g/mol. The number of carbonyl (C=O) groups excluding carboxylic acids is 1. The molecule has 1 aromatic carbocycles. The number of hydrogen-bond acceptors (Lipinski definition) is 3. The second-order valence-corrected chi connectivity index (χ2v) is 5.73. The van der Waals surface area contributed by atoms with E-state index in [4.69, 9.17) is 0 Å². The highest BCUT2D eigenvalue weighted by molar-refractivity contribution is 5.92. The Morgan fingerprint density at radius 2 is 2.00 bits per heavy atom.